The first-order chi connectivity index (χ1) is 7.76. The molecular formula is C13H19BrFN. The molecule has 0 heterocycles. The van der Waals surface area contributed by atoms with E-state index in [1.54, 1.807) is 12.1 Å². The van der Waals surface area contributed by atoms with E-state index in [-0.39, 0.29) is 5.82 Å². The molecule has 0 aliphatic carbocycles. The van der Waals surface area contributed by atoms with Crippen molar-refractivity contribution in [3.05, 3.63) is 35.6 Å². The first kappa shape index (κ1) is 13.7. The van der Waals surface area contributed by atoms with Gasteiger partial charge in [0.05, 0.1) is 0 Å². The molecule has 1 aromatic carbocycles. The van der Waals surface area contributed by atoms with E-state index in [0.717, 1.165) is 30.5 Å². The van der Waals surface area contributed by atoms with Gasteiger partial charge in [-0.05, 0) is 30.7 Å². The number of benzene rings is 1. The van der Waals surface area contributed by atoms with Gasteiger partial charge >= 0.3 is 0 Å². The van der Waals surface area contributed by atoms with Crippen molar-refractivity contribution in [1.29, 1.82) is 0 Å². The standard InChI is InChI=1S/C13H19BrFN/c1-2-3-8-16(9-7-14)11-12-5-4-6-13(15)10-12/h4-6,10H,2-3,7-9,11H2,1H3. The zero-order valence-corrected chi connectivity index (χ0v) is 11.3. The van der Waals surface area contributed by atoms with E-state index < -0.39 is 0 Å². The predicted molar refractivity (Wildman–Crippen MR) is 70.4 cm³/mol. The molecule has 1 aromatic rings. The van der Waals surface area contributed by atoms with Crippen LogP contribution in [0.3, 0.4) is 0 Å². The van der Waals surface area contributed by atoms with Gasteiger partial charge in [-0.15, -0.1) is 0 Å². The number of nitrogens with zero attached hydrogens (tertiary/aromatic N) is 1. The second-order valence-electron chi connectivity index (χ2n) is 3.95. The van der Waals surface area contributed by atoms with Crippen LogP contribution in [-0.4, -0.2) is 23.3 Å². The lowest BCUT2D eigenvalue weighted by molar-refractivity contribution is 0.278. The summed E-state index contributed by atoms with van der Waals surface area (Å²) in [5.41, 5.74) is 1.05. The van der Waals surface area contributed by atoms with Gasteiger partial charge in [-0.3, -0.25) is 4.90 Å². The Morgan fingerprint density at radius 1 is 1.31 bits per heavy atom. The molecule has 0 radical (unpaired) electrons. The molecule has 0 spiro atoms. The van der Waals surface area contributed by atoms with E-state index in [4.69, 9.17) is 0 Å². The van der Waals surface area contributed by atoms with Crippen molar-refractivity contribution in [2.75, 3.05) is 18.4 Å². The Morgan fingerprint density at radius 3 is 2.75 bits per heavy atom. The van der Waals surface area contributed by atoms with Crippen LogP contribution in [0.25, 0.3) is 0 Å². The first-order valence-corrected chi connectivity index (χ1v) is 6.91. The summed E-state index contributed by atoms with van der Waals surface area (Å²) in [6, 6.07) is 6.87. The zero-order chi connectivity index (χ0) is 11.8. The molecule has 90 valence electrons. The summed E-state index contributed by atoms with van der Waals surface area (Å²) < 4.78 is 13.0. The summed E-state index contributed by atoms with van der Waals surface area (Å²) in [7, 11) is 0. The Hall–Kier alpha value is -0.410. The van der Waals surface area contributed by atoms with Crippen molar-refractivity contribution >= 4 is 15.9 Å². The fraction of sp³-hybridized carbons (Fsp3) is 0.538. The maximum atomic E-state index is 13.0. The van der Waals surface area contributed by atoms with Gasteiger partial charge in [0, 0.05) is 18.4 Å². The number of halogens is 2. The smallest absolute Gasteiger partial charge is 0.123 e. The highest BCUT2D eigenvalue weighted by Crippen LogP contribution is 2.08. The highest BCUT2D eigenvalue weighted by Gasteiger charge is 2.05. The van der Waals surface area contributed by atoms with E-state index in [1.165, 1.54) is 18.9 Å². The topological polar surface area (TPSA) is 3.24 Å². The third-order valence-corrected chi connectivity index (χ3v) is 2.88. The second kappa shape index (κ2) is 7.80. The van der Waals surface area contributed by atoms with Crippen molar-refractivity contribution in [2.24, 2.45) is 0 Å². The highest BCUT2D eigenvalue weighted by atomic mass is 79.9. The fourth-order valence-corrected chi connectivity index (χ4v) is 2.17. The fourth-order valence-electron chi connectivity index (χ4n) is 1.66. The zero-order valence-electron chi connectivity index (χ0n) is 9.76. The van der Waals surface area contributed by atoms with Crippen molar-refractivity contribution in [3.63, 3.8) is 0 Å². The van der Waals surface area contributed by atoms with E-state index in [1.807, 2.05) is 6.07 Å². The molecule has 0 saturated carbocycles. The van der Waals surface area contributed by atoms with E-state index in [9.17, 15) is 4.39 Å². The summed E-state index contributed by atoms with van der Waals surface area (Å²) in [6.07, 6.45) is 2.39. The van der Waals surface area contributed by atoms with Gasteiger partial charge in [0.1, 0.15) is 5.82 Å². The lowest BCUT2D eigenvalue weighted by Crippen LogP contribution is -2.26. The molecule has 0 N–H and O–H groups in total. The van der Waals surface area contributed by atoms with Gasteiger partial charge in [0.25, 0.3) is 0 Å². The third-order valence-electron chi connectivity index (χ3n) is 2.52. The lowest BCUT2D eigenvalue weighted by Gasteiger charge is -2.21. The number of alkyl halides is 1. The quantitative estimate of drug-likeness (QED) is 0.689. The van der Waals surface area contributed by atoms with Gasteiger partial charge in [-0.2, -0.15) is 0 Å². The van der Waals surface area contributed by atoms with Crippen molar-refractivity contribution in [3.8, 4) is 0 Å². The third kappa shape index (κ3) is 5.08. The van der Waals surface area contributed by atoms with Crippen LogP contribution in [0.4, 0.5) is 4.39 Å². The molecule has 0 aliphatic rings. The number of rotatable bonds is 7. The molecule has 0 aliphatic heterocycles. The van der Waals surface area contributed by atoms with E-state index in [0.29, 0.717) is 0 Å². The van der Waals surface area contributed by atoms with Gasteiger partial charge in [-0.25, -0.2) is 4.39 Å². The van der Waals surface area contributed by atoms with Crippen LogP contribution in [0.5, 0.6) is 0 Å². The molecule has 0 fully saturated rings. The van der Waals surface area contributed by atoms with Crippen molar-refractivity contribution in [1.82, 2.24) is 4.90 Å². The average Bonchev–Trinajstić information content (AvgIpc) is 2.26. The maximum absolute atomic E-state index is 13.0. The lowest BCUT2D eigenvalue weighted by atomic mass is 10.2. The Bertz CT molecular complexity index is 304. The molecule has 0 atom stereocenters. The summed E-state index contributed by atoms with van der Waals surface area (Å²) in [5.74, 6) is -0.146. The second-order valence-corrected chi connectivity index (χ2v) is 4.74. The highest BCUT2D eigenvalue weighted by molar-refractivity contribution is 9.09. The van der Waals surface area contributed by atoms with Crippen LogP contribution in [0.2, 0.25) is 0 Å². The van der Waals surface area contributed by atoms with Gasteiger partial charge in [-0.1, -0.05) is 41.4 Å². The average molecular weight is 288 g/mol. The summed E-state index contributed by atoms with van der Waals surface area (Å²) in [6.45, 7) is 5.12. The Morgan fingerprint density at radius 2 is 2.12 bits per heavy atom. The van der Waals surface area contributed by atoms with Crippen LogP contribution >= 0.6 is 15.9 Å². The monoisotopic (exact) mass is 287 g/mol. The number of hydrogen-bond acceptors (Lipinski definition) is 1. The summed E-state index contributed by atoms with van der Waals surface area (Å²) in [5, 5.41) is 0.964. The van der Waals surface area contributed by atoms with Crippen molar-refractivity contribution < 1.29 is 4.39 Å². The molecule has 0 bridgehead atoms. The largest absolute Gasteiger partial charge is 0.298 e. The Kier molecular flexibility index (Phi) is 6.65. The molecule has 0 amide bonds. The maximum Gasteiger partial charge on any atom is 0.123 e. The molecule has 1 nitrogen and oxygen atoms in total. The van der Waals surface area contributed by atoms with E-state index >= 15 is 0 Å². The SMILES string of the molecule is CCCCN(CCBr)Cc1cccc(F)c1. The first-order valence-electron chi connectivity index (χ1n) is 5.79. The molecule has 0 saturated heterocycles. The number of unbranched alkanes of at least 4 members (excludes halogenated alkanes) is 1. The number of hydrogen-bond donors (Lipinski definition) is 0. The molecule has 16 heavy (non-hydrogen) atoms. The van der Waals surface area contributed by atoms with Crippen LogP contribution in [0.1, 0.15) is 25.3 Å². The molecule has 0 aromatic heterocycles. The van der Waals surface area contributed by atoms with Crippen LogP contribution in [0.15, 0.2) is 24.3 Å². The minimum Gasteiger partial charge on any atom is -0.298 e. The Labute approximate surface area is 106 Å². The van der Waals surface area contributed by atoms with Crippen molar-refractivity contribution in [2.45, 2.75) is 26.3 Å². The molecule has 1 rings (SSSR count). The predicted octanol–water partition coefficient (Wildman–Crippen LogP) is 3.82. The van der Waals surface area contributed by atoms with Crippen LogP contribution < -0.4 is 0 Å². The van der Waals surface area contributed by atoms with Gasteiger partial charge in [0.15, 0.2) is 0 Å². The van der Waals surface area contributed by atoms with E-state index in [2.05, 4.69) is 27.8 Å². The van der Waals surface area contributed by atoms with Crippen LogP contribution in [0, 0.1) is 5.82 Å². The summed E-state index contributed by atoms with van der Waals surface area (Å²) in [4.78, 5) is 2.35. The normalized spacial score (nSPS) is 11.0. The summed E-state index contributed by atoms with van der Waals surface area (Å²) >= 11 is 3.45. The van der Waals surface area contributed by atoms with Gasteiger partial charge in [0.2, 0.25) is 0 Å². The molecular weight excluding hydrogens is 269 g/mol. The van der Waals surface area contributed by atoms with Crippen LogP contribution in [-0.2, 0) is 6.54 Å². The Balaban J connectivity index is 2.52. The minimum absolute atomic E-state index is 0.146. The molecule has 3 heteroatoms. The van der Waals surface area contributed by atoms with Gasteiger partial charge < -0.3 is 0 Å². The molecule has 0 unspecified atom stereocenters. The minimum atomic E-state index is -0.146.